The van der Waals surface area contributed by atoms with Crippen molar-refractivity contribution in [1.82, 2.24) is 10.2 Å². The van der Waals surface area contributed by atoms with E-state index in [2.05, 4.69) is 17.1 Å². The molecule has 2 heterocycles. The summed E-state index contributed by atoms with van der Waals surface area (Å²) in [5.74, 6) is 1.44. The lowest BCUT2D eigenvalue weighted by atomic mass is 9.97. The molecule has 0 aromatic heterocycles. The summed E-state index contributed by atoms with van der Waals surface area (Å²) in [6.07, 6.45) is 3.68. The number of carbonyl (C=O) groups is 1. The Morgan fingerprint density at radius 3 is 2.69 bits per heavy atom. The molecule has 2 rings (SSSR count). The third-order valence-corrected chi connectivity index (χ3v) is 4.75. The quantitative estimate of drug-likeness (QED) is 0.187. The second-order valence-corrected chi connectivity index (χ2v) is 6.68. The highest BCUT2D eigenvalue weighted by atomic mass is 127. The van der Waals surface area contributed by atoms with Gasteiger partial charge in [0.2, 0.25) is 0 Å². The van der Waals surface area contributed by atoms with Gasteiger partial charge in [-0.1, -0.05) is 0 Å². The molecule has 1 unspecified atom stereocenters. The molecular weight excluding hydrogens is 449 g/mol. The first-order valence-corrected chi connectivity index (χ1v) is 9.51. The summed E-state index contributed by atoms with van der Waals surface area (Å²) < 4.78 is 15.9. The molecule has 0 saturated carbocycles. The van der Waals surface area contributed by atoms with E-state index in [4.69, 9.17) is 19.2 Å². The fourth-order valence-corrected chi connectivity index (χ4v) is 3.24. The second kappa shape index (κ2) is 13.5. The Morgan fingerprint density at radius 2 is 2.08 bits per heavy atom. The molecule has 2 aliphatic rings. The lowest BCUT2D eigenvalue weighted by molar-refractivity contribution is -0.146. The van der Waals surface area contributed by atoms with Crippen molar-refractivity contribution < 1.29 is 19.0 Å². The third-order valence-electron chi connectivity index (χ3n) is 4.75. The van der Waals surface area contributed by atoms with Gasteiger partial charge in [-0.15, -0.1) is 24.0 Å². The predicted octanol–water partition coefficient (Wildman–Crippen LogP) is 1.90. The number of nitrogens with zero attached hydrogens (tertiary/aromatic N) is 2. The van der Waals surface area contributed by atoms with Gasteiger partial charge < -0.3 is 24.4 Å². The van der Waals surface area contributed by atoms with E-state index in [0.717, 1.165) is 84.2 Å². The summed E-state index contributed by atoms with van der Waals surface area (Å²) >= 11 is 0. The van der Waals surface area contributed by atoms with Crippen molar-refractivity contribution in [2.24, 2.45) is 16.8 Å². The van der Waals surface area contributed by atoms with E-state index < -0.39 is 0 Å². The average molecular weight is 483 g/mol. The average Bonchev–Trinajstić information content (AvgIpc) is 3.16. The fourth-order valence-electron chi connectivity index (χ4n) is 3.24. The Bertz CT molecular complexity index is 423. The minimum atomic E-state index is -0.0913. The standard InChI is InChI=1S/C18H33N3O4.HI/c1-3-19-18(21-9-5-16(6-10-21)17(22)23-2)20-8-4-11-24-13-15-7-12-25-14-15;/h15-16H,3-14H2,1-2H3,(H,19,20);1H. The zero-order valence-corrected chi connectivity index (χ0v) is 18.4. The number of piperidine rings is 1. The molecule has 0 spiro atoms. The number of carbonyl (C=O) groups excluding carboxylic acids is 1. The molecule has 0 aliphatic carbocycles. The number of aliphatic imine (C=N–C) groups is 1. The molecule has 0 radical (unpaired) electrons. The smallest absolute Gasteiger partial charge is 0.308 e. The van der Waals surface area contributed by atoms with Crippen molar-refractivity contribution in [3.63, 3.8) is 0 Å². The Hall–Kier alpha value is -0.610. The van der Waals surface area contributed by atoms with Crippen LogP contribution in [0.1, 0.15) is 32.6 Å². The molecule has 0 amide bonds. The number of methoxy groups -OCH3 is 1. The van der Waals surface area contributed by atoms with Crippen LogP contribution in [-0.2, 0) is 19.0 Å². The van der Waals surface area contributed by atoms with Crippen molar-refractivity contribution in [3.8, 4) is 0 Å². The molecule has 0 aromatic rings. The topological polar surface area (TPSA) is 72.4 Å². The zero-order chi connectivity index (χ0) is 17.9. The maximum Gasteiger partial charge on any atom is 0.308 e. The van der Waals surface area contributed by atoms with E-state index in [1.807, 2.05) is 0 Å². The monoisotopic (exact) mass is 483 g/mol. The molecule has 2 fully saturated rings. The van der Waals surface area contributed by atoms with Gasteiger partial charge in [0.1, 0.15) is 0 Å². The molecule has 7 nitrogen and oxygen atoms in total. The van der Waals surface area contributed by atoms with Crippen LogP contribution in [0, 0.1) is 11.8 Å². The summed E-state index contributed by atoms with van der Waals surface area (Å²) in [4.78, 5) is 18.6. The molecule has 8 heteroatoms. The predicted molar refractivity (Wildman–Crippen MR) is 112 cm³/mol. The first kappa shape index (κ1) is 23.4. The van der Waals surface area contributed by atoms with E-state index >= 15 is 0 Å². The maximum absolute atomic E-state index is 11.6. The summed E-state index contributed by atoms with van der Waals surface area (Å²) in [5, 5.41) is 3.35. The molecule has 0 bridgehead atoms. The summed E-state index contributed by atoms with van der Waals surface area (Å²) in [7, 11) is 1.46. The Balaban J connectivity index is 0.00000338. The number of rotatable bonds is 8. The minimum Gasteiger partial charge on any atom is -0.469 e. The molecule has 152 valence electrons. The minimum absolute atomic E-state index is 0. The molecule has 1 N–H and O–H groups in total. The zero-order valence-electron chi connectivity index (χ0n) is 16.1. The van der Waals surface area contributed by atoms with Crippen LogP contribution >= 0.6 is 24.0 Å². The Kier molecular flexibility index (Phi) is 12.2. The molecule has 26 heavy (non-hydrogen) atoms. The number of hydrogen-bond acceptors (Lipinski definition) is 5. The maximum atomic E-state index is 11.6. The fraction of sp³-hybridized carbons (Fsp3) is 0.889. The second-order valence-electron chi connectivity index (χ2n) is 6.68. The van der Waals surface area contributed by atoms with Gasteiger partial charge in [0, 0.05) is 45.3 Å². The largest absolute Gasteiger partial charge is 0.469 e. The van der Waals surface area contributed by atoms with Crippen LogP contribution in [0.5, 0.6) is 0 Å². The Labute approximate surface area is 174 Å². The van der Waals surface area contributed by atoms with E-state index in [0.29, 0.717) is 5.92 Å². The highest BCUT2D eigenvalue weighted by molar-refractivity contribution is 14.0. The van der Waals surface area contributed by atoms with Crippen LogP contribution in [0.25, 0.3) is 0 Å². The molecule has 1 atom stereocenters. The van der Waals surface area contributed by atoms with Crippen LogP contribution in [0.3, 0.4) is 0 Å². The number of ether oxygens (including phenoxy) is 3. The van der Waals surface area contributed by atoms with E-state index in [1.165, 1.54) is 7.11 Å². The SMILES string of the molecule is CCNC(=NCCCOCC1CCOC1)N1CCC(C(=O)OC)CC1.I. The normalized spacial score (nSPS) is 21.4. The van der Waals surface area contributed by atoms with Gasteiger partial charge in [-0.05, 0) is 32.6 Å². The highest BCUT2D eigenvalue weighted by Crippen LogP contribution is 2.18. The molecular formula is C18H34IN3O4. The van der Waals surface area contributed by atoms with Crippen molar-refractivity contribution in [2.45, 2.75) is 32.6 Å². The van der Waals surface area contributed by atoms with Crippen LogP contribution in [-0.4, -0.2) is 76.5 Å². The van der Waals surface area contributed by atoms with Gasteiger partial charge in [0.25, 0.3) is 0 Å². The van der Waals surface area contributed by atoms with Crippen molar-refractivity contribution >= 4 is 35.9 Å². The molecule has 2 saturated heterocycles. The summed E-state index contributed by atoms with van der Waals surface area (Å²) in [6.45, 7) is 8.58. The first-order valence-electron chi connectivity index (χ1n) is 9.51. The lowest BCUT2D eigenvalue weighted by Crippen LogP contribution is -2.46. The first-order chi connectivity index (χ1) is 12.2. The van der Waals surface area contributed by atoms with E-state index in [-0.39, 0.29) is 35.9 Å². The third kappa shape index (κ3) is 7.96. The van der Waals surface area contributed by atoms with Gasteiger partial charge in [0.15, 0.2) is 5.96 Å². The van der Waals surface area contributed by atoms with Crippen LogP contribution in [0.15, 0.2) is 4.99 Å². The lowest BCUT2D eigenvalue weighted by Gasteiger charge is -2.33. The van der Waals surface area contributed by atoms with Crippen LogP contribution in [0.2, 0.25) is 0 Å². The van der Waals surface area contributed by atoms with Crippen molar-refractivity contribution in [2.75, 3.05) is 59.7 Å². The number of esters is 1. The molecule has 0 aromatic carbocycles. The van der Waals surface area contributed by atoms with Crippen LogP contribution in [0.4, 0.5) is 0 Å². The van der Waals surface area contributed by atoms with E-state index in [9.17, 15) is 4.79 Å². The number of likely N-dealkylation sites (tertiary alicyclic amines) is 1. The number of hydrogen-bond donors (Lipinski definition) is 1. The highest BCUT2D eigenvalue weighted by Gasteiger charge is 2.26. The van der Waals surface area contributed by atoms with Gasteiger partial charge in [-0.25, -0.2) is 0 Å². The number of halogens is 1. The number of nitrogens with one attached hydrogen (secondary N) is 1. The summed E-state index contributed by atoms with van der Waals surface area (Å²) in [5.41, 5.74) is 0. The van der Waals surface area contributed by atoms with Crippen molar-refractivity contribution in [1.29, 1.82) is 0 Å². The summed E-state index contributed by atoms with van der Waals surface area (Å²) in [6, 6.07) is 0. The van der Waals surface area contributed by atoms with Crippen LogP contribution < -0.4 is 5.32 Å². The molecule has 2 aliphatic heterocycles. The van der Waals surface area contributed by atoms with Gasteiger partial charge in [-0.2, -0.15) is 0 Å². The van der Waals surface area contributed by atoms with Gasteiger partial charge >= 0.3 is 5.97 Å². The van der Waals surface area contributed by atoms with Gasteiger partial charge in [-0.3, -0.25) is 9.79 Å². The number of guanidine groups is 1. The van der Waals surface area contributed by atoms with Crippen molar-refractivity contribution in [3.05, 3.63) is 0 Å². The Morgan fingerprint density at radius 1 is 1.31 bits per heavy atom. The van der Waals surface area contributed by atoms with Gasteiger partial charge in [0.05, 0.1) is 26.2 Å². The van der Waals surface area contributed by atoms with E-state index in [1.54, 1.807) is 0 Å².